The number of unbranched alkanes of at least 4 members (excludes halogenated alkanes) is 13. The van der Waals surface area contributed by atoms with E-state index in [1.807, 2.05) is 27.2 Å². The highest BCUT2D eigenvalue weighted by molar-refractivity contribution is 7.47. The van der Waals surface area contributed by atoms with E-state index in [-0.39, 0.29) is 19.1 Å². The summed E-state index contributed by atoms with van der Waals surface area (Å²) in [7, 11) is 1.55. The number of likely N-dealkylation sites (N-methyl/N-ethyl adjacent to an activating group) is 1. The summed E-state index contributed by atoms with van der Waals surface area (Å²) < 4.78 is 23.2. The van der Waals surface area contributed by atoms with Gasteiger partial charge in [0, 0.05) is 6.42 Å². The summed E-state index contributed by atoms with van der Waals surface area (Å²) in [5.74, 6) is -0.195. The number of hydrogen-bond donors (Lipinski definition) is 3. The van der Waals surface area contributed by atoms with Crippen molar-refractivity contribution in [2.45, 2.75) is 135 Å². The van der Waals surface area contributed by atoms with Crippen LogP contribution in [0.1, 0.15) is 123 Å². The number of amides is 1. The van der Waals surface area contributed by atoms with Gasteiger partial charge >= 0.3 is 7.82 Å². The van der Waals surface area contributed by atoms with E-state index in [1.165, 1.54) is 64.2 Å². The summed E-state index contributed by atoms with van der Waals surface area (Å²) >= 11 is 0. The molecule has 0 saturated heterocycles. The third-order valence-corrected chi connectivity index (χ3v) is 7.91. The van der Waals surface area contributed by atoms with E-state index in [0.717, 1.165) is 38.5 Å². The molecule has 0 aromatic rings. The predicted octanol–water partition coefficient (Wildman–Crippen LogP) is 7.46. The SMILES string of the molecule is CCCC/C=C/CC/C=C/C(O)C(COP(=O)(O)OCC[N+](C)(C)C)NC(=O)CCCCCCCCCCCCC. The van der Waals surface area contributed by atoms with E-state index in [9.17, 15) is 19.4 Å². The maximum absolute atomic E-state index is 12.7. The van der Waals surface area contributed by atoms with Crippen LogP contribution < -0.4 is 5.32 Å². The second-order valence-electron chi connectivity index (χ2n) is 12.2. The maximum Gasteiger partial charge on any atom is 0.472 e. The number of phosphoric ester groups is 1. The van der Waals surface area contributed by atoms with E-state index in [1.54, 1.807) is 6.08 Å². The van der Waals surface area contributed by atoms with Crippen LogP contribution in [0.5, 0.6) is 0 Å². The Bertz CT molecular complexity index is 738. The summed E-state index contributed by atoms with van der Waals surface area (Å²) in [6.45, 7) is 4.67. The zero-order valence-electron chi connectivity index (χ0n) is 27.0. The minimum Gasteiger partial charge on any atom is -0.387 e. The average Bonchev–Trinajstić information content (AvgIpc) is 2.90. The first-order chi connectivity index (χ1) is 19.5. The van der Waals surface area contributed by atoms with Crippen LogP contribution in [-0.2, 0) is 18.4 Å². The lowest BCUT2D eigenvalue weighted by molar-refractivity contribution is -0.870. The van der Waals surface area contributed by atoms with Gasteiger partial charge in [-0.3, -0.25) is 13.8 Å². The fourth-order valence-electron chi connectivity index (χ4n) is 4.22. The van der Waals surface area contributed by atoms with Crippen LogP contribution in [0.2, 0.25) is 0 Å². The van der Waals surface area contributed by atoms with Crippen molar-refractivity contribution in [3.8, 4) is 0 Å². The molecule has 0 spiro atoms. The lowest BCUT2D eigenvalue weighted by atomic mass is 10.0. The normalized spacial score (nSPS) is 15.4. The molecule has 0 aromatic carbocycles. The number of phosphoric acid groups is 1. The number of quaternary nitrogens is 1. The summed E-state index contributed by atoms with van der Waals surface area (Å²) in [5.41, 5.74) is 0. The van der Waals surface area contributed by atoms with Gasteiger partial charge in [-0.15, -0.1) is 0 Å². The van der Waals surface area contributed by atoms with Crippen molar-refractivity contribution < 1.29 is 32.9 Å². The Morgan fingerprint density at radius 3 is 1.93 bits per heavy atom. The number of aliphatic hydroxyl groups is 1. The molecule has 0 radical (unpaired) electrons. The van der Waals surface area contributed by atoms with Crippen molar-refractivity contribution in [1.29, 1.82) is 0 Å². The second-order valence-corrected chi connectivity index (χ2v) is 13.6. The van der Waals surface area contributed by atoms with Gasteiger partial charge in [-0.1, -0.05) is 115 Å². The molecule has 0 rings (SSSR count). The molecule has 0 aliphatic carbocycles. The number of nitrogens with zero attached hydrogens (tertiary/aromatic N) is 1. The minimum atomic E-state index is -4.32. The largest absolute Gasteiger partial charge is 0.472 e. The van der Waals surface area contributed by atoms with Crippen LogP contribution in [0.3, 0.4) is 0 Å². The van der Waals surface area contributed by atoms with Crippen molar-refractivity contribution in [1.82, 2.24) is 5.32 Å². The third-order valence-electron chi connectivity index (χ3n) is 6.92. The molecule has 3 N–H and O–H groups in total. The Morgan fingerprint density at radius 1 is 0.805 bits per heavy atom. The fourth-order valence-corrected chi connectivity index (χ4v) is 4.95. The van der Waals surface area contributed by atoms with Crippen LogP contribution in [0, 0.1) is 0 Å². The predicted molar refractivity (Wildman–Crippen MR) is 171 cm³/mol. The quantitative estimate of drug-likeness (QED) is 0.0371. The molecule has 9 heteroatoms. The monoisotopic (exact) mass is 603 g/mol. The van der Waals surface area contributed by atoms with Crippen LogP contribution in [-0.4, -0.2) is 73.4 Å². The molecular weight excluding hydrogens is 539 g/mol. The molecular formula is C32H64N2O6P+. The maximum atomic E-state index is 12.7. The molecule has 0 bridgehead atoms. The average molecular weight is 604 g/mol. The number of allylic oxidation sites excluding steroid dienone is 3. The summed E-state index contributed by atoms with van der Waals surface area (Å²) in [6.07, 6.45) is 25.4. The molecule has 8 nitrogen and oxygen atoms in total. The third kappa shape index (κ3) is 27.6. The highest BCUT2D eigenvalue weighted by atomic mass is 31.2. The zero-order valence-corrected chi connectivity index (χ0v) is 27.9. The van der Waals surface area contributed by atoms with Gasteiger partial charge in [-0.2, -0.15) is 0 Å². The van der Waals surface area contributed by atoms with E-state index >= 15 is 0 Å². The molecule has 0 aromatic heterocycles. The standard InChI is InChI=1S/C32H63N2O6P/c1-6-8-10-12-14-16-17-18-20-22-24-26-32(36)33-30(29-40-41(37,38)39-28-27-34(3,4)5)31(35)25-23-21-19-15-13-11-9-7-2/h13,15,23,25,30-31,35H,6-12,14,16-22,24,26-29H2,1-5H3,(H-,33,36,37,38)/p+1/b15-13+,25-23+. The van der Waals surface area contributed by atoms with Crippen LogP contribution in [0.15, 0.2) is 24.3 Å². The van der Waals surface area contributed by atoms with Gasteiger partial charge in [-0.05, 0) is 25.7 Å². The molecule has 3 unspecified atom stereocenters. The first-order valence-electron chi connectivity index (χ1n) is 16.2. The van der Waals surface area contributed by atoms with E-state index in [0.29, 0.717) is 17.4 Å². The Labute approximate surface area is 252 Å². The van der Waals surface area contributed by atoms with Crippen molar-refractivity contribution >= 4 is 13.7 Å². The minimum absolute atomic E-state index is 0.0569. The molecule has 0 heterocycles. The first kappa shape index (κ1) is 40.0. The highest BCUT2D eigenvalue weighted by Gasteiger charge is 2.27. The molecule has 41 heavy (non-hydrogen) atoms. The van der Waals surface area contributed by atoms with Crippen molar-refractivity contribution in [3.63, 3.8) is 0 Å². The lowest BCUT2D eigenvalue weighted by Gasteiger charge is -2.25. The van der Waals surface area contributed by atoms with Gasteiger partial charge in [0.1, 0.15) is 13.2 Å². The van der Waals surface area contributed by atoms with Crippen LogP contribution in [0.25, 0.3) is 0 Å². The smallest absolute Gasteiger partial charge is 0.387 e. The van der Waals surface area contributed by atoms with Crippen LogP contribution >= 0.6 is 7.82 Å². The van der Waals surface area contributed by atoms with Crippen LogP contribution in [0.4, 0.5) is 0 Å². The van der Waals surface area contributed by atoms with Crippen molar-refractivity contribution in [3.05, 3.63) is 24.3 Å². The molecule has 1 amide bonds. The Morgan fingerprint density at radius 2 is 1.34 bits per heavy atom. The number of carbonyl (C=O) groups is 1. The molecule has 0 fully saturated rings. The van der Waals surface area contributed by atoms with Gasteiger partial charge in [0.15, 0.2) is 0 Å². The van der Waals surface area contributed by atoms with Gasteiger partial charge in [0.05, 0.1) is 39.9 Å². The lowest BCUT2D eigenvalue weighted by Crippen LogP contribution is -2.45. The Kier molecular flexibility index (Phi) is 24.8. The summed E-state index contributed by atoms with van der Waals surface area (Å²) in [6, 6.07) is -0.853. The van der Waals surface area contributed by atoms with Gasteiger partial charge in [-0.25, -0.2) is 4.57 Å². The van der Waals surface area contributed by atoms with Gasteiger partial charge in [0.2, 0.25) is 5.91 Å². The molecule has 3 atom stereocenters. The molecule has 0 aliphatic heterocycles. The number of nitrogens with one attached hydrogen (secondary N) is 1. The zero-order chi connectivity index (χ0) is 30.8. The second kappa shape index (κ2) is 25.5. The summed E-state index contributed by atoms with van der Waals surface area (Å²) in [4.78, 5) is 22.8. The number of rotatable bonds is 28. The highest BCUT2D eigenvalue weighted by Crippen LogP contribution is 2.43. The van der Waals surface area contributed by atoms with Crippen molar-refractivity contribution in [2.75, 3.05) is 40.9 Å². The summed E-state index contributed by atoms with van der Waals surface area (Å²) in [5, 5.41) is 13.6. The van der Waals surface area contributed by atoms with E-state index in [2.05, 4.69) is 31.3 Å². The molecule has 242 valence electrons. The Balaban J connectivity index is 4.65. The Hall–Kier alpha value is -1.02. The number of carbonyl (C=O) groups excluding carboxylic acids is 1. The van der Waals surface area contributed by atoms with E-state index < -0.39 is 20.0 Å². The van der Waals surface area contributed by atoms with E-state index in [4.69, 9.17) is 9.05 Å². The van der Waals surface area contributed by atoms with Gasteiger partial charge < -0.3 is 19.8 Å². The van der Waals surface area contributed by atoms with Crippen molar-refractivity contribution in [2.24, 2.45) is 0 Å². The fraction of sp³-hybridized carbons (Fsp3) is 0.844. The number of hydrogen-bond acceptors (Lipinski definition) is 5. The molecule has 0 aliphatic rings. The van der Waals surface area contributed by atoms with Gasteiger partial charge in [0.25, 0.3) is 0 Å². The molecule has 0 saturated carbocycles. The number of aliphatic hydroxyl groups excluding tert-OH is 1. The first-order valence-corrected chi connectivity index (χ1v) is 17.7. The topological polar surface area (TPSA) is 105 Å².